The number of aromatic amines is 1. The predicted molar refractivity (Wildman–Crippen MR) is 64.0 cm³/mol. The minimum absolute atomic E-state index is 0.981. The van der Waals surface area contributed by atoms with Crippen LogP contribution in [0, 0.1) is 0 Å². The molecule has 0 aliphatic rings. The zero-order valence-corrected chi connectivity index (χ0v) is 9.31. The largest absolute Gasteiger partial charge is 0.356 e. The minimum atomic E-state index is 0.981. The fourth-order valence-corrected chi connectivity index (χ4v) is 2.39. The van der Waals surface area contributed by atoms with Crippen molar-refractivity contribution in [2.24, 2.45) is 0 Å². The van der Waals surface area contributed by atoms with E-state index in [0.717, 1.165) is 15.7 Å². The Balaban J connectivity index is 1.99. The molecule has 1 heterocycles. The van der Waals surface area contributed by atoms with Gasteiger partial charge in [-0.25, -0.2) is 0 Å². The second kappa shape index (κ2) is 4.62. The van der Waals surface area contributed by atoms with Gasteiger partial charge in [0.05, 0.1) is 5.03 Å². The zero-order valence-electron chi connectivity index (χ0n) is 7.60. The molecule has 0 radical (unpaired) electrons. The van der Waals surface area contributed by atoms with E-state index in [0.29, 0.717) is 0 Å². The quantitative estimate of drug-likeness (QED) is 0.598. The monoisotopic (exact) mass is 221 g/mol. The molecule has 1 aromatic carbocycles. The van der Waals surface area contributed by atoms with Crippen LogP contribution < -0.4 is 0 Å². The van der Waals surface area contributed by atoms with E-state index in [9.17, 15) is 0 Å². The normalized spacial score (nSPS) is 10.4. The van der Waals surface area contributed by atoms with Gasteiger partial charge in [0.1, 0.15) is 0 Å². The fraction of sp³-hybridized carbons (Fsp3) is 0.0909. The standard InChI is InChI=1S/C11H11NS2/c13-10-6-7-12-11(10)14-8-9-4-2-1-3-5-9/h1-7,12-13H,8H2. The average molecular weight is 221 g/mol. The maximum absolute atomic E-state index is 4.34. The second-order valence-corrected chi connectivity index (χ2v) is 4.43. The summed E-state index contributed by atoms with van der Waals surface area (Å²) in [6.45, 7) is 0. The molecule has 0 unspecified atom stereocenters. The third-order valence-electron chi connectivity index (χ3n) is 1.91. The molecule has 0 aliphatic heterocycles. The van der Waals surface area contributed by atoms with E-state index >= 15 is 0 Å². The van der Waals surface area contributed by atoms with Crippen molar-refractivity contribution in [3.8, 4) is 0 Å². The van der Waals surface area contributed by atoms with Crippen LogP contribution in [0.15, 0.2) is 52.5 Å². The summed E-state index contributed by atoms with van der Waals surface area (Å²) in [7, 11) is 0. The maximum Gasteiger partial charge on any atom is 0.0860 e. The molecule has 72 valence electrons. The molecule has 0 atom stereocenters. The number of thioether (sulfide) groups is 1. The van der Waals surface area contributed by atoms with Crippen molar-refractivity contribution in [3.63, 3.8) is 0 Å². The van der Waals surface area contributed by atoms with E-state index in [1.165, 1.54) is 5.56 Å². The Hall–Kier alpha value is -0.800. The van der Waals surface area contributed by atoms with E-state index in [-0.39, 0.29) is 0 Å². The van der Waals surface area contributed by atoms with Gasteiger partial charge in [-0.15, -0.1) is 24.4 Å². The molecule has 0 spiro atoms. The van der Waals surface area contributed by atoms with Gasteiger partial charge in [0.15, 0.2) is 0 Å². The molecular formula is C11H11NS2. The van der Waals surface area contributed by atoms with Crippen LogP contribution in [0.3, 0.4) is 0 Å². The Kier molecular flexibility index (Phi) is 3.22. The lowest BCUT2D eigenvalue weighted by atomic mass is 10.2. The highest BCUT2D eigenvalue weighted by Crippen LogP contribution is 2.26. The first kappa shape index (κ1) is 9.74. The summed E-state index contributed by atoms with van der Waals surface area (Å²) in [6.07, 6.45) is 1.91. The van der Waals surface area contributed by atoms with Gasteiger partial charge in [-0.05, 0) is 11.6 Å². The molecule has 0 aliphatic carbocycles. The van der Waals surface area contributed by atoms with Crippen molar-refractivity contribution in [2.45, 2.75) is 15.7 Å². The summed E-state index contributed by atoms with van der Waals surface area (Å²) in [5.41, 5.74) is 1.33. The SMILES string of the molecule is Sc1cc[nH]c1SCc1ccccc1. The molecule has 0 saturated carbocycles. The van der Waals surface area contributed by atoms with Crippen LogP contribution in [0.1, 0.15) is 5.56 Å². The molecule has 0 bridgehead atoms. The molecule has 1 N–H and O–H groups in total. The molecule has 2 rings (SSSR count). The van der Waals surface area contributed by atoms with Crippen molar-refractivity contribution in [1.29, 1.82) is 0 Å². The number of hydrogen-bond acceptors (Lipinski definition) is 2. The number of benzene rings is 1. The predicted octanol–water partition coefficient (Wildman–Crippen LogP) is 3.60. The summed E-state index contributed by atoms with van der Waals surface area (Å²) in [6, 6.07) is 12.4. The smallest absolute Gasteiger partial charge is 0.0860 e. The summed E-state index contributed by atoms with van der Waals surface area (Å²) in [5, 5.41) is 1.14. The summed E-state index contributed by atoms with van der Waals surface area (Å²) < 4.78 is 0. The van der Waals surface area contributed by atoms with Crippen molar-refractivity contribution >= 4 is 24.4 Å². The van der Waals surface area contributed by atoms with Gasteiger partial charge in [-0.1, -0.05) is 30.3 Å². The lowest BCUT2D eigenvalue weighted by molar-refractivity contribution is 1.12. The van der Waals surface area contributed by atoms with E-state index in [1.807, 2.05) is 18.3 Å². The maximum atomic E-state index is 4.34. The van der Waals surface area contributed by atoms with Crippen LogP contribution in [0.4, 0.5) is 0 Å². The number of rotatable bonds is 3. The van der Waals surface area contributed by atoms with Crippen LogP contribution in [0.5, 0.6) is 0 Å². The third kappa shape index (κ3) is 2.36. The number of hydrogen-bond donors (Lipinski definition) is 2. The first-order chi connectivity index (χ1) is 6.86. The molecule has 1 aromatic heterocycles. The van der Waals surface area contributed by atoms with Crippen molar-refractivity contribution in [2.75, 3.05) is 0 Å². The topological polar surface area (TPSA) is 15.8 Å². The Labute approximate surface area is 93.3 Å². The van der Waals surface area contributed by atoms with Gasteiger partial charge in [0.2, 0.25) is 0 Å². The Morgan fingerprint density at radius 1 is 1.14 bits per heavy atom. The van der Waals surface area contributed by atoms with E-state index in [4.69, 9.17) is 0 Å². The highest BCUT2D eigenvalue weighted by molar-refractivity contribution is 7.98. The summed E-state index contributed by atoms with van der Waals surface area (Å²) in [5.74, 6) is 0.981. The van der Waals surface area contributed by atoms with Crippen LogP contribution in [0.2, 0.25) is 0 Å². The first-order valence-corrected chi connectivity index (χ1v) is 5.82. The fourth-order valence-electron chi connectivity index (χ4n) is 1.19. The van der Waals surface area contributed by atoms with Gasteiger partial charge in [-0.3, -0.25) is 0 Å². The minimum Gasteiger partial charge on any atom is -0.356 e. The molecule has 1 nitrogen and oxygen atoms in total. The highest BCUT2D eigenvalue weighted by Gasteiger charge is 2.00. The van der Waals surface area contributed by atoms with Crippen molar-refractivity contribution in [3.05, 3.63) is 48.2 Å². The molecule has 0 fully saturated rings. The number of H-pyrrole nitrogens is 1. The molecule has 2 aromatic rings. The van der Waals surface area contributed by atoms with Gasteiger partial charge in [-0.2, -0.15) is 0 Å². The van der Waals surface area contributed by atoms with Crippen molar-refractivity contribution < 1.29 is 0 Å². The lowest BCUT2D eigenvalue weighted by Gasteiger charge is -2.00. The average Bonchev–Trinajstić information content (AvgIpc) is 2.63. The Bertz CT molecular complexity index is 395. The Morgan fingerprint density at radius 3 is 2.57 bits per heavy atom. The van der Waals surface area contributed by atoms with E-state index in [2.05, 4.69) is 41.9 Å². The molecule has 0 amide bonds. The molecule has 3 heteroatoms. The third-order valence-corrected chi connectivity index (χ3v) is 3.54. The molecular weight excluding hydrogens is 210 g/mol. The van der Waals surface area contributed by atoms with Gasteiger partial charge in [0.25, 0.3) is 0 Å². The Morgan fingerprint density at radius 2 is 1.93 bits per heavy atom. The van der Waals surface area contributed by atoms with Crippen LogP contribution in [0.25, 0.3) is 0 Å². The summed E-state index contributed by atoms with van der Waals surface area (Å²) >= 11 is 6.12. The van der Waals surface area contributed by atoms with Gasteiger partial charge < -0.3 is 4.98 Å². The van der Waals surface area contributed by atoms with Gasteiger partial charge >= 0.3 is 0 Å². The number of thiol groups is 1. The van der Waals surface area contributed by atoms with E-state index < -0.39 is 0 Å². The van der Waals surface area contributed by atoms with E-state index in [1.54, 1.807) is 11.8 Å². The molecule has 0 saturated heterocycles. The van der Waals surface area contributed by atoms with Gasteiger partial charge in [0, 0.05) is 16.8 Å². The lowest BCUT2D eigenvalue weighted by Crippen LogP contribution is -1.79. The first-order valence-electron chi connectivity index (χ1n) is 4.39. The second-order valence-electron chi connectivity index (χ2n) is 2.97. The van der Waals surface area contributed by atoms with Crippen molar-refractivity contribution in [1.82, 2.24) is 4.98 Å². The number of nitrogens with one attached hydrogen (secondary N) is 1. The van der Waals surface area contributed by atoms with Crippen LogP contribution in [-0.4, -0.2) is 4.98 Å². The highest BCUT2D eigenvalue weighted by atomic mass is 32.2. The van der Waals surface area contributed by atoms with Crippen LogP contribution >= 0.6 is 24.4 Å². The zero-order chi connectivity index (χ0) is 9.80. The molecule has 14 heavy (non-hydrogen) atoms. The van der Waals surface area contributed by atoms with Crippen LogP contribution in [-0.2, 0) is 5.75 Å². The number of aromatic nitrogens is 1. The summed E-state index contributed by atoms with van der Waals surface area (Å²) in [4.78, 5) is 4.18.